The number of hydrogen-bond donors (Lipinski definition) is 1. The van der Waals surface area contributed by atoms with Gasteiger partial charge in [0.2, 0.25) is 0 Å². The number of aliphatic hydroxyl groups excluding tert-OH is 1. The first-order chi connectivity index (χ1) is 6.93. The van der Waals surface area contributed by atoms with Gasteiger partial charge in [0.15, 0.2) is 0 Å². The van der Waals surface area contributed by atoms with Gasteiger partial charge < -0.3 is 9.84 Å². The van der Waals surface area contributed by atoms with E-state index in [4.69, 9.17) is 4.74 Å². The first-order valence-corrected chi connectivity index (χ1v) is 5.78. The second kappa shape index (κ2) is 4.97. The Balaban J connectivity index is 2.69. The predicted molar refractivity (Wildman–Crippen MR) is 58.3 cm³/mol. The lowest BCUT2D eigenvalue weighted by Gasteiger charge is -2.40. The summed E-state index contributed by atoms with van der Waals surface area (Å²) in [6, 6.07) is 0. The molecule has 0 heterocycles. The number of rotatable bonds is 2. The van der Waals surface area contributed by atoms with Crippen molar-refractivity contribution in [3.8, 4) is 0 Å². The van der Waals surface area contributed by atoms with E-state index >= 15 is 0 Å². The number of hydrogen-bond acceptors (Lipinski definition) is 3. The SMILES string of the molecule is CC(=O)OC1C(C)CCC(C(C)C)C1O. The molecule has 1 saturated carbocycles. The summed E-state index contributed by atoms with van der Waals surface area (Å²) in [6.45, 7) is 7.65. The average Bonchev–Trinajstić information content (AvgIpc) is 2.11. The molecule has 0 aromatic heterocycles. The second-order valence-corrected chi connectivity index (χ2v) is 5.03. The molecule has 1 aliphatic rings. The van der Waals surface area contributed by atoms with Gasteiger partial charge in [-0.25, -0.2) is 0 Å². The van der Waals surface area contributed by atoms with Crippen LogP contribution in [0.1, 0.15) is 40.5 Å². The van der Waals surface area contributed by atoms with E-state index in [0.29, 0.717) is 5.92 Å². The third-order valence-electron chi connectivity index (χ3n) is 3.45. The topological polar surface area (TPSA) is 46.5 Å². The van der Waals surface area contributed by atoms with Crippen LogP contribution in [0.5, 0.6) is 0 Å². The Bertz CT molecular complexity index is 225. The minimum absolute atomic E-state index is 0.255. The highest BCUT2D eigenvalue weighted by atomic mass is 16.6. The van der Waals surface area contributed by atoms with Crippen LogP contribution in [0, 0.1) is 17.8 Å². The van der Waals surface area contributed by atoms with E-state index in [2.05, 4.69) is 13.8 Å². The van der Waals surface area contributed by atoms with Crippen LogP contribution < -0.4 is 0 Å². The van der Waals surface area contributed by atoms with Crippen LogP contribution in [0.15, 0.2) is 0 Å². The van der Waals surface area contributed by atoms with Gasteiger partial charge in [-0.15, -0.1) is 0 Å². The predicted octanol–water partition coefficient (Wildman–Crippen LogP) is 1.98. The lowest BCUT2D eigenvalue weighted by molar-refractivity contribution is -0.165. The zero-order valence-corrected chi connectivity index (χ0v) is 10.1. The normalized spacial score (nSPS) is 36.7. The highest BCUT2D eigenvalue weighted by Gasteiger charge is 2.39. The molecule has 4 unspecified atom stereocenters. The van der Waals surface area contributed by atoms with Crippen molar-refractivity contribution in [2.75, 3.05) is 0 Å². The molecule has 1 fully saturated rings. The lowest BCUT2D eigenvalue weighted by Crippen LogP contribution is -2.46. The van der Waals surface area contributed by atoms with E-state index in [1.54, 1.807) is 0 Å². The van der Waals surface area contributed by atoms with Crippen LogP contribution in [0.25, 0.3) is 0 Å². The third kappa shape index (κ3) is 2.94. The van der Waals surface area contributed by atoms with Crippen LogP contribution in [0.3, 0.4) is 0 Å². The van der Waals surface area contributed by atoms with Crippen LogP contribution in [-0.4, -0.2) is 23.3 Å². The van der Waals surface area contributed by atoms with Gasteiger partial charge in [0.1, 0.15) is 6.10 Å². The largest absolute Gasteiger partial charge is 0.460 e. The van der Waals surface area contributed by atoms with E-state index < -0.39 is 6.10 Å². The van der Waals surface area contributed by atoms with E-state index in [1.807, 2.05) is 6.92 Å². The fourth-order valence-electron chi connectivity index (χ4n) is 2.48. The van der Waals surface area contributed by atoms with Crippen molar-refractivity contribution in [1.29, 1.82) is 0 Å². The van der Waals surface area contributed by atoms with Gasteiger partial charge in [-0.1, -0.05) is 20.8 Å². The van der Waals surface area contributed by atoms with Gasteiger partial charge in [-0.2, -0.15) is 0 Å². The number of ether oxygens (including phenoxy) is 1. The van der Waals surface area contributed by atoms with Crippen molar-refractivity contribution in [2.45, 2.75) is 52.7 Å². The number of carbonyl (C=O) groups is 1. The first-order valence-electron chi connectivity index (χ1n) is 5.78. The summed E-state index contributed by atoms with van der Waals surface area (Å²) in [5.41, 5.74) is 0. The average molecular weight is 214 g/mol. The summed E-state index contributed by atoms with van der Waals surface area (Å²) >= 11 is 0. The smallest absolute Gasteiger partial charge is 0.303 e. The van der Waals surface area contributed by atoms with Crippen molar-refractivity contribution in [3.63, 3.8) is 0 Å². The summed E-state index contributed by atoms with van der Waals surface area (Å²) in [4.78, 5) is 10.9. The molecule has 15 heavy (non-hydrogen) atoms. The van der Waals surface area contributed by atoms with E-state index in [0.717, 1.165) is 12.8 Å². The number of esters is 1. The van der Waals surface area contributed by atoms with E-state index in [-0.39, 0.29) is 23.9 Å². The number of carbonyl (C=O) groups excluding carboxylic acids is 1. The van der Waals surface area contributed by atoms with Gasteiger partial charge in [-0.3, -0.25) is 4.79 Å². The molecule has 1 aliphatic carbocycles. The van der Waals surface area contributed by atoms with Crippen LogP contribution in [0.4, 0.5) is 0 Å². The number of aliphatic hydroxyl groups is 1. The molecule has 88 valence electrons. The Morgan fingerprint density at radius 3 is 2.47 bits per heavy atom. The Morgan fingerprint density at radius 2 is 2.00 bits per heavy atom. The Hall–Kier alpha value is -0.570. The summed E-state index contributed by atoms with van der Waals surface area (Å²) in [6.07, 6.45) is 1.23. The molecular formula is C12H22O3. The van der Waals surface area contributed by atoms with Crippen molar-refractivity contribution in [1.82, 2.24) is 0 Å². The van der Waals surface area contributed by atoms with Crippen LogP contribution in [0.2, 0.25) is 0 Å². The fourth-order valence-corrected chi connectivity index (χ4v) is 2.48. The Morgan fingerprint density at radius 1 is 1.40 bits per heavy atom. The zero-order chi connectivity index (χ0) is 11.6. The fraction of sp³-hybridized carbons (Fsp3) is 0.917. The van der Waals surface area contributed by atoms with Crippen LogP contribution >= 0.6 is 0 Å². The first kappa shape index (κ1) is 12.5. The molecule has 0 radical (unpaired) electrons. The molecule has 0 amide bonds. The molecule has 0 aromatic rings. The van der Waals surface area contributed by atoms with Gasteiger partial charge >= 0.3 is 5.97 Å². The van der Waals surface area contributed by atoms with Crippen molar-refractivity contribution >= 4 is 5.97 Å². The minimum Gasteiger partial charge on any atom is -0.460 e. The molecule has 3 nitrogen and oxygen atoms in total. The zero-order valence-electron chi connectivity index (χ0n) is 10.1. The molecule has 1 N–H and O–H groups in total. The lowest BCUT2D eigenvalue weighted by atomic mass is 9.73. The molecule has 4 atom stereocenters. The summed E-state index contributed by atoms with van der Waals surface area (Å²) in [5.74, 6) is 0.658. The molecule has 0 saturated heterocycles. The minimum atomic E-state index is -0.502. The molecular weight excluding hydrogens is 192 g/mol. The third-order valence-corrected chi connectivity index (χ3v) is 3.45. The quantitative estimate of drug-likeness (QED) is 0.715. The molecule has 1 rings (SSSR count). The van der Waals surface area contributed by atoms with Gasteiger partial charge in [0.25, 0.3) is 0 Å². The van der Waals surface area contributed by atoms with E-state index in [9.17, 15) is 9.90 Å². The van der Waals surface area contributed by atoms with Gasteiger partial charge in [0.05, 0.1) is 6.10 Å². The maximum Gasteiger partial charge on any atom is 0.303 e. The highest BCUT2D eigenvalue weighted by molar-refractivity contribution is 5.66. The maximum atomic E-state index is 10.9. The Labute approximate surface area is 91.8 Å². The van der Waals surface area contributed by atoms with Gasteiger partial charge in [-0.05, 0) is 30.6 Å². The second-order valence-electron chi connectivity index (χ2n) is 5.03. The van der Waals surface area contributed by atoms with Crippen molar-refractivity contribution in [2.24, 2.45) is 17.8 Å². The van der Waals surface area contributed by atoms with Gasteiger partial charge in [0, 0.05) is 6.92 Å². The molecule has 3 heteroatoms. The standard InChI is InChI=1S/C12H22O3/c1-7(2)10-6-5-8(3)12(11(10)14)15-9(4)13/h7-8,10-12,14H,5-6H2,1-4H3. The highest BCUT2D eigenvalue weighted by Crippen LogP contribution is 2.35. The van der Waals surface area contributed by atoms with Crippen LogP contribution in [-0.2, 0) is 9.53 Å². The maximum absolute atomic E-state index is 10.9. The summed E-state index contributed by atoms with van der Waals surface area (Å²) in [7, 11) is 0. The molecule has 0 spiro atoms. The summed E-state index contributed by atoms with van der Waals surface area (Å²) < 4.78 is 5.21. The Kier molecular flexibility index (Phi) is 4.14. The molecule has 0 aromatic carbocycles. The monoisotopic (exact) mass is 214 g/mol. The van der Waals surface area contributed by atoms with E-state index in [1.165, 1.54) is 6.92 Å². The molecule has 0 bridgehead atoms. The van der Waals surface area contributed by atoms with Crippen molar-refractivity contribution in [3.05, 3.63) is 0 Å². The molecule has 0 aliphatic heterocycles. The van der Waals surface area contributed by atoms with Crippen molar-refractivity contribution < 1.29 is 14.6 Å². The summed E-state index contributed by atoms with van der Waals surface area (Å²) in [5, 5.41) is 10.1.